The van der Waals surface area contributed by atoms with Gasteiger partial charge in [0.2, 0.25) is 5.43 Å². The molecule has 0 fully saturated rings. The highest BCUT2D eigenvalue weighted by molar-refractivity contribution is 5.81. The lowest BCUT2D eigenvalue weighted by molar-refractivity contribution is 0.415. The van der Waals surface area contributed by atoms with Gasteiger partial charge in [0.1, 0.15) is 11.6 Å². The first kappa shape index (κ1) is 15.0. The Kier molecular flexibility index (Phi) is 3.50. The first-order chi connectivity index (χ1) is 12.1. The number of nitrogens with one attached hydrogen (secondary N) is 1. The smallest absolute Gasteiger partial charge is 0.223 e. The van der Waals surface area contributed by atoms with Crippen molar-refractivity contribution >= 4 is 11.0 Å². The highest BCUT2D eigenvalue weighted by Gasteiger charge is 2.07. The molecule has 0 amide bonds. The predicted octanol–water partition coefficient (Wildman–Crippen LogP) is 3.10. The van der Waals surface area contributed by atoms with E-state index in [4.69, 9.17) is 4.74 Å². The number of rotatable bonds is 3. The van der Waals surface area contributed by atoms with E-state index >= 15 is 0 Å². The SMILES string of the molecule is COc1ccc(-c2nc3cc(-n4ccc(=O)c(O)c4)ccc3[nH]2)cc1. The lowest BCUT2D eigenvalue weighted by atomic mass is 10.2. The van der Waals surface area contributed by atoms with E-state index in [1.54, 1.807) is 17.9 Å². The van der Waals surface area contributed by atoms with Gasteiger partial charge >= 0.3 is 0 Å². The van der Waals surface area contributed by atoms with E-state index in [1.165, 1.54) is 12.3 Å². The van der Waals surface area contributed by atoms with Crippen molar-refractivity contribution in [2.75, 3.05) is 7.11 Å². The summed E-state index contributed by atoms with van der Waals surface area (Å²) in [5.41, 5.74) is 3.05. The molecule has 4 rings (SSSR count). The fourth-order valence-electron chi connectivity index (χ4n) is 2.67. The Morgan fingerprint density at radius 2 is 1.92 bits per heavy atom. The van der Waals surface area contributed by atoms with Gasteiger partial charge in [0.05, 0.1) is 24.3 Å². The van der Waals surface area contributed by atoms with Crippen LogP contribution < -0.4 is 10.2 Å². The monoisotopic (exact) mass is 333 g/mol. The van der Waals surface area contributed by atoms with Crippen molar-refractivity contribution < 1.29 is 9.84 Å². The molecule has 0 atom stereocenters. The lowest BCUT2D eigenvalue weighted by Crippen LogP contribution is -2.03. The zero-order valence-corrected chi connectivity index (χ0v) is 13.4. The summed E-state index contributed by atoms with van der Waals surface area (Å²) in [5.74, 6) is 1.27. The number of aromatic amines is 1. The summed E-state index contributed by atoms with van der Waals surface area (Å²) < 4.78 is 6.85. The van der Waals surface area contributed by atoms with Gasteiger partial charge in [-0.1, -0.05) is 0 Å². The quantitative estimate of drug-likeness (QED) is 0.604. The highest BCUT2D eigenvalue weighted by Crippen LogP contribution is 2.24. The summed E-state index contributed by atoms with van der Waals surface area (Å²) in [6.07, 6.45) is 3.00. The van der Waals surface area contributed by atoms with Gasteiger partial charge in [-0.3, -0.25) is 4.79 Å². The second-order valence-electron chi connectivity index (χ2n) is 5.62. The van der Waals surface area contributed by atoms with Gasteiger partial charge in [-0.15, -0.1) is 0 Å². The molecular weight excluding hydrogens is 318 g/mol. The molecule has 0 radical (unpaired) electrons. The maximum atomic E-state index is 11.3. The van der Waals surface area contributed by atoms with Crippen LogP contribution in [0.2, 0.25) is 0 Å². The molecule has 0 unspecified atom stereocenters. The number of aromatic hydroxyl groups is 1. The minimum Gasteiger partial charge on any atom is -0.503 e. The highest BCUT2D eigenvalue weighted by atomic mass is 16.5. The number of imidazole rings is 1. The fourth-order valence-corrected chi connectivity index (χ4v) is 2.67. The second-order valence-corrected chi connectivity index (χ2v) is 5.62. The van der Waals surface area contributed by atoms with Gasteiger partial charge in [0.25, 0.3) is 0 Å². The predicted molar refractivity (Wildman–Crippen MR) is 95.3 cm³/mol. The van der Waals surface area contributed by atoms with E-state index in [0.29, 0.717) is 0 Å². The molecule has 0 bridgehead atoms. The third kappa shape index (κ3) is 2.74. The number of benzene rings is 2. The number of aromatic nitrogens is 3. The summed E-state index contributed by atoms with van der Waals surface area (Å²) in [6, 6.07) is 14.7. The van der Waals surface area contributed by atoms with Gasteiger partial charge in [-0.25, -0.2) is 4.98 Å². The largest absolute Gasteiger partial charge is 0.503 e. The molecule has 4 aromatic rings. The van der Waals surface area contributed by atoms with Crippen LogP contribution in [0.15, 0.2) is 65.7 Å². The average molecular weight is 333 g/mol. The van der Waals surface area contributed by atoms with Crippen molar-refractivity contribution in [1.82, 2.24) is 14.5 Å². The molecular formula is C19H15N3O3. The van der Waals surface area contributed by atoms with E-state index in [2.05, 4.69) is 9.97 Å². The second kappa shape index (κ2) is 5.83. The van der Waals surface area contributed by atoms with E-state index < -0.39 is 5.43 Å². The van der Waals surface area contributed by atoms with Gasteiger partial charge in [-0.2, -0.15) is 0 Å². The minimum atomic E-state index is -0.404. The summed E-state index contributed by atoms with van der Waals surface area (Å²) in [5, 5.41) is 9.60. The number of hydrogen-bond donors (Lipinski definition) is 2. The zero-order valence-electron chi connectivity index (χ0n) is 13.4. The molecule has 2 aromatic carbocycles. The average Bonchev–Trinajstić information content (AvgIpc) is 3.07. The molecule has 6 nitrogen and oxygen atoms in total. The number of pyridine rings is 1. The third-order valence-corrected chi connectivity index (χ3v) is 4.03. The Morgan fingerprint density at radius 1 is 1.12 bits per heavy atom. The molecule has 25 heavy (non-hydrogen) atoms. The van der Waals surface area contributed by atoms with Crippen LogP contribution in [0.1, 0.15) is 0 Å². The number of H-pyrrole nitrogens is 1. The molecule has 2 N–H and O–H groups in total. The molecule has 0 aliphatic carbocycles. The van der Waals surface area contributed by atoms with Crippen LogP contribution in [0.4, 0.5) is 0 Å². The van der Waals surface area contributed by atoms with Crippen molar-refractivity contribution in [3.63, 3.8) is 0 Å². The molecule has 6 heteroatoms. The number of ether oxygens (including phenoxy) is 1. The summed E-state index contributed by atoms with van der Waals surface area (Å²) in [6.45, 7) is 0. The molecule has 0 saturated carbocycles. The van der Waals surface area contributed by atoms with Crippen LogP contribution in [0.5, 0.6) is 11.5 Å². The van der Waals surface area contributed by atoms with Crippen LogP contribution in [0.3, 0.4) is 0 Å². The fraction of sp³-hybridized carbons (Fsp3) is 0.0526. The van der Waals surface area contributed by atoms with E-state index in [1.807, 2.05) is 42.5 Å². The Morgan fingerprint density at radius 3 is 2.64 bits per heavy atom. The van der Waals surface area contributed by atoms with Crippen LogP contribution in [0.25, 0.3) is 28.1 Å². The molecule has 0 spiro atoms. The third-order valence-electron chi connectivity index (χ3n) is 4.03. The molecule has 2 aromatic heterocycles. The van der Waals surface area contributed by atoms with Gasteiger partial charge in [0, 0.05) is 23.5 Å². The van der Waals surface area contributed by atoms with Crippen LogP contribution in [-0.2, 0) is 0 Å². The maximum Gasteiger partial charge on any atom is 0.223 e. The molecule has 0 saturated heterocycles. The van der Waals surface area contributed by atoms with Crippen molar-refractivity contribution in [3.05, 3.63) is 71.1 Å². The Balaban J connectivity index is 1.75. The number of hydrogen-bond acceptors (Lipinski definition) is 4. The Bertz CT molecular complexity index is 1110. The van der Waals surface area contributed by atoms with Crippen LogP contribution >= 0.6 is 0 Å². The molecule has 0 aliphatic heterocycles. The van der Waals surface area contributed by atoms with E-state index in [9.17, 15) is 9.90 Å². The number of methoxy groups -OCH3 is 1. The number of fused-ring (bicyclic) bond motifs is 1. The summed E-state index contributed by atoms with van der Waals surface area (Å²) >= 11 is 0. The molecule has 0 aliphatic rings. The van der Waals surface area contributed by atoms with Crippen LogP contribution in [0, 0.1) is 0 Å². The Hall–Kier alpha value is -3.54. The van der Waals surface area contributed by atoms with Crippen molar-refractivity contribution in [2.24, 2.45) is 0 Å². The van der Waals surface area contributed by atoms with Crippen molar-refractivity contribution in [3.8, 4) is 28.6 Å². The normalized spacial score (nSPS) is 10.9. The van der Waals surface area contributed by atoms with Gasteiger partial charge in [-0.05, 0) is 42.5 Å². The van der Waals surface area contributed by atoms with Crippen molar-refractivity contribution in [1.29, 1.82) is 0 Å². The zero-order chi connectivity index (χ0) is 17.4. The Labute approximate surface area is 143 Å². The van der Waals surface area contributed by atoms with E-state index in [0.717, 1.165) is 33.9 Å². The van der Waals surface area contributed by atoms with Gasteiger partial charge in [0.15, 0.2) is 5.75 Å². The first-order valence-corrected chi connectivity index (χ1v) is 7.70. The van der Waals surface area contributed by atoms with Crippen molar-refractivity contribution in [2.45, 2.75) is 0 Å². The molecule has 2 heterocycles. The lowest BCUT2D eigenvalue weighted by Gasteiger charge is -2.06. The van der Waals surface area contributed by atoms with Crippen LogP contribution in [-0.4, -0.2) is 26.8 Å². The number of nitrogens with zero attached hydrogens (tertiary/aromatic N) is 2. The van der Waals surface area contributed by atoms with Gasteiger partial charge < -0.3 is 19.4 Å². The topological polar surface area (TPSA) is 80.1 Å². The summed E-state index contributed by atoms with van der Waals surface area (Å²) in [4.78, 5) is 19.2. The minimum absolute atomic E-state index is 0.288. The maximum absolute atomic E-state index is 11.3. The standard InChI is InChI=1S/C19H15N3O3/c1-25-14-5-2-12(3-6-14)19-20-15-7-4-13(10-16(15)21-19)22-9-8-17(23)18(24)11-22/h2-11,24H,1H3,(H,20,21). The molecule has 124 valence electrons. The first-order valence-electron chi connectivity index (χ1n) is 7.70. The van der Waals surface area contributed by atoms with E-state index in [-0.39, 0.29) is 5.75 Å². The summed E-state index contributed by atoms with van der Waals surface area (Å²) in [7, 11) is 1.63.